The smallest absolute Gasteiger partial charge is 0.256 e. The van der Waals surface area contributed by atoms with Gasteiger partial charge >= 0.3 is 0 Å². The fraction of sp³-hybridized carbons (Fsp3) is 0. The van der Waals surface area contributed by atoms with Crippen molar-refractivity contribution >= 4 is 195 Å². The maximum atomic E-state index is 8.18. The van der Waals surface area contributed by atoms with Crippen LogP contribution in [0.5, 0.6) is 11.5 Å². The van der Waals surface area contributed by atoms with E-state index in [1.165, 1.54) is 62.2 Å². The van der Waals surface area contributed by atoms with Gasteiger partial charge in [-0.25, -0.2) is 0 Å². The lowest BCUT2D eigenvalue weighted by atomic mass is 9.30. The predicted molar refractivity (Wildman–Crippen MR) is 452 cm³/mol. The molecular formula is C96H61B2N5OS2. The molecule has 0 unspecified atom stereocenters. The highest BCUT2D eigenvalue weighted by molar-refractivity contribution is 7.26. The molecule has 494 valence electrons. The van der Waals surface area contributed by atoms with Crippen LogP contribution in [-0.2, 0) is 0 Å². The van der Waals surface area contributed by atoms with Gasteiger partial charge in [-0.05, 0) is 159 Å². The maximum absolute atomic E-state index is 8.18. The van der Waals surface area contributed by atoms with Crippen LogP contribution in [0.25, 0.3) is 62.6 Å². The molecule has 6 heterocycles. The number of para-hydroxylation sites is 7. The Balaban J connectivity index is 0.866. The molecule has 0 bridgehead atoms. The van der Waals surface area contributed by atoms with Gasteiger partial charge in [-0.3, -0.25) is 0 Å². The van der Waals surface area contributed by atoms with Crippen LogP contribution in [0.1, 0.15) is 0 Å². The Morgan fingerprint density at radius 2 is 0.708 bits per heavy atom. The highest BCUT2D eigenvalue weighted by Crippen LogP contribution is 2.56. The van der Waals surface area contributed by atoms with Gasteiger partial charge in [-0.15, -0.1) is 22.7 Å². The zero-order valence-electron chi connectivity index (χ0n) is 57.3. The number of benzene rings is 16. The lowest BCUT2D eigenvalue weighted by molar-refractivity contribution is 0.488. The molecule has 0 radical (unpaired) electrons. The second kappa shape index (κ2) is 24.3. The second-order valence-corrected chi connectivity index (χ2v) is 29.9. The van der Waals surface area contributed by atoms with Crippen molar-refractivity contribution in [3.05, 3.63) is 370 Å². The first-order valence-corrected chi connectivity index (χ1v) is 37.9. The number of ether oxygens (including phenoxy) is 1. The number of thiophene rings is 2. The van der Waals surface area contributed by atoms with Gasteiger partial charge in [-0.1, -0.05) is 243 Å². The van der Waals surface area contributed by atoms with Crippen LogP contribution < -0.4 is 62.0 Å². The van der Waals surface area contributed by atoms with E-state index in [0.29, 0.717) is 0 Å². The topological polar surface area (TPSA) is 25.4 Å². The van der Waals surface area contributed by atoms with Gasteiger partial charge in [0.1, 0.15) is 11.5 Å². The molecule has 0 aliphatic carbocycles. The minimum absolute atomic E-state index is 0.254. The summed E-state index contributed by atoms with van der Waals surface area (Å²) in [6.07, 6.45) is 0. The summed E-state index contributed by atoms with van der Waals surface area (Å²) in [6.45, 7) is -0.525. The summed E-state index contributed by atoms with van der Waals surface area (Å²) in [5.41, 5.74) is 27.6. The van der Waals surface area contributed by atoms with E-state index in [9.17, 15) is 0 Å². The minimum atomic E-state index is -0.272. The van der Waals surface area contributed by atoms with Gasteiger partial charge in [0.05, 0.1) is 28.4 Å². The predicted octanol–water partition coefficient (Wildman–Crippen LogP) is 23.2. The Morgan fingerprint density at radius 3 is 1.32 bits per heavy atom. The summed E-state index contributed by atoms with van der Waals surface area (Å²) in [4.78, 5) is 12.6. The number of nitrogens with zero attached hydrogens (tertiary/aromatic N) is 5. The van der Waals surface area contributed by atoms with Crippen LogP contribution >= 0.6 is 22.7 Å². The number of anilines is 15. The number of rotatable bonds is 11. The minimum Gasteiger partial charge on any atom is -0.458 e. The monoisotopic (exact) mass is 1390 g/mol. The molecule has 16 aromatic carbocycles. The van der Waals surface area contributed by atoms with Gasteiger partial charge in [0.15, 0.2) is 0 Å². The lowest BCUT2D eigenvalue weighted by Gasteiger charge is -2.46. The maximum Gasteiger partial charge on any atom is 0.256 e. The second-order valence-electron chi connectivity index (χ2n) is 27.8. The molecule has 4 aliphatic heterocycles. The van der Waals surface area contributed by atoms with Crippen molar-refractivity contribution < 1.29 is 4.74 Å². The van der Waals surface area contributed by atoms with E-state index in [1.807, 2.05) is 22.7 Å². The Kier molecular flexibility index (Phi) is 13.8. The lowest BCUT2D eigenvalue weighted by Crippen LogP contribution is -2.64. The molecule has 0 fully saturated rings. The van der Waals surface area contributed by atoms with Crippen LogP contribution in [0.2, 0.25) is 0 Å². The summed E-state index contributed by atoms with van der Waals surface area (Å²) in [6, 6.07) is 137. The summed E-state index contributed by atoms with van der Waals surface area (Å²) in [5, 5.41) is 4.92. The van der Waals surface area contributed by atoms with Gasteiger partial charge < -0.3 is 29.2 Å². The van der Waals surface area contributed by atoms with Crippen LogP contribution in [0.3, 0.4) is 0 Å². The quantitative estimate of drug-likeness (QED) is 0.120. The van der Waals surface area contributed by atoms with E-state index >= 15 is 0 Å². The number of fused-ring (bicyclic) bond motifs is 14. The molecule has 0 spiro atoms. The van der Waals surface area contributed by atoms with Gasteiger partial charge in [0, 0.05) is 120 Å². The van der Waals surface area contributed by atoms with Gasteiger partial charge in [0.25, 0.3) is 13.4 Å². The van der Waals surface area contributed by atoms with Crippen LogP contribution in [0, 0.1) is 0 Å². The number of hydrogen-bond acceptors (Lipinski definition) is 8. The fourth-order valence-corrected chi connectivity index (χ4v) is 20.0. The molecular weight excluding hydrogens is 1320 g/mol. The summed E-state index contributed by atoms with van der Waals surface area (Å²) in [5.74, 6) is 1.61. The van der Waals surface area contributed by atoms with Crippen LogP contribution in [0.15, 0.2) is 370 Å². The molecule has 18 aromatic rings. The van der Waals surface area contributed by atoms with E-state index in [4.69, 9.17) is 4.74 Å². The summed E-state index contributed by atoms with van der Waals surface area (Å²) >= 11 is 3.70. The van der Waals surface area contributed by atoms with Crippen LogP contribution in [0.4, 0.5) is 85.3 Å². The SMILES string of the molecule is c1ccc(-c2cccc(-c3ccccc3)c2N2c3cc4c(cc3B3c5ccccc5N(c5ccccc5)c5cc(N(c6ccccc6)c6ccccc6)cc2c53)B2c3ccccc3N(c3cccc5sc6ccccc6c35)c3cc(N(c5ccccc5)c5cccc6sc7ccccc7c56)cc(c32)O4)cc1. The van der Waals surface area contributed by atoms with E-state index < -0.39 is 0 Å². The summed E-state index contributed by atoms with van der Waals surface area (Å²) < 4.78 is 13.2. The standard InChI is InChI=1S/C96H61B2N5OS2/c1-7-30-62(31-8-1)70-44-27-45-71(63-32-9-2-10-33-63)96(70)103-82-61-86-77(60-76(82)97-74-46-21-23-48-78(74)101(67-40-17-6-18-41-67)83-56-68(57-84(103)94(83)97)99(64-34-11-3-12-35-64)65-36-13-4-14-37-65)98-75-47-22-24-49-79(75)102(81-51-29-55-91-93(81)73-43-20-26-53-89(73)106-91)85-58-69(59-87(104-86)95(85)98)100(66-38-15-5-16-39-66)80-50-28-54-90-92(80)72-42-19-25-52-88(72)105-90/h1-61H. The van der Waals surface area contributed by atoms with E-state index in [1.54, 1.807) is 0 Å². The van der Waals surface area contributed by atoms with E-state index in [0.717, 1.165) is 130 Å². The van der Waals surface area contributed by atoms with Crippen molar-refractivity contribution in [2.24, 2.45) is 0 Å². The fourth-order valence-electron chi connectivity index (χ4n) is 17.7. The zero-order valence-corrected chi connectivity index (χ0v) is 59.0. The molecule has 0 saturated carbocycles. The molecule has 0 amide bonds. The first-order chi connectivity index (χ1) is 52.6. The molecule has 0 N–H and O–H groups in total. The Hall–Kier alpha value is -13.1. The van der Waals surface area contributed by atoms with Crippen molar-refractivity contribution in [3.8, 4) is 33.8 Å². The molecule has 106 heavy (non-hydrogen) atoms. The highest BCUT2D eigenvalue weighted by atomic mass is 32.1. The van der Waals surface area contributed by atoms with E-state index in [2.05, 4.69) is 395 Å². The average Bonchev–Trinajstić information content (AvgIpc) is 0.763. The Morgan fingerprint density at radius 1 is 0.264 bits per heavy atom. The van der Waals surface area contributed by atoms with Crippen molar-refractivity contribution in [1.82, 2.24) is 0 Å². The molecule has 2 aromatic heterocycles. The number of hydrogen-bond donors (Lipinski definition) is 0. The third-order valence-electron chi connectivity index (χ3n) is 22.0. The van der Waals surface area contributed by atoms with Crippen molar-refractivity contribution in [2.75, 3.05) is 24.5 Å². The molecule has 0 atom stereocenters. The zero-order chi connectivity index (χ0) is 69.5. The van der Waals surface area contributed by atoms with Crippen molar-refractivity contribution in [2.45, 2.75) is 0 Å². The first kappa shape index (κ1) is 60.5. The Bertz CT molecular complexity index is 6460. The molecule has 6 nitrogen and oxygen atoms in total. The molecule has 0 saturated heterocycles. The largest absolute Gasteiger partial charge is 0.458 e. The van der Waals surface area contributed by atoms with Crippen molar-refractivity contribution in [3.63, 3.8) is 0 Å². The van der Waals surface area contributed by atoms with Crippen molar-refractivity contribution in [1.29, 1.82) is 0 Å². The first-order valence-electron chi connectivity index (χ1n) is 36.3. The average molecular weight is 1390 g/mol. The third-order valence-corrected chi connectivity index (χ3v) is 24.3. The molecule has 4 aliphatic rings. The third kappa shape index (κ3) is 9.31. The Labute approximate surface area is 623 Å². The van der Waals surface area contributed by atoms with Crippen LogP contribution in [-0.4, -0.2) is 13.4 Å². The summed E-state index contributed by atoms with van der Waals surface area (Å²) in [7, 11) is 0. The highest BCUT2D eigenvalue weighted by Gasteiger charge is 2.49. The molecule has 10 heteroatoms. The van der Waals surface area contributed by atoms with Gasteiger partial charge in [0.2, 0.25) is 0 Å². The van der Waals surface area contributed by atoms with Gasteiger partial charge in [-0.2, -0.15) is 0 Å². The van der Waals surface area contributed by atoms with E-state index in [-0.39, 0.29) is 13.4 Å². The molecule has 22 rings (SSSR count). The normalized spacial score (nSPS) is 12.9.